The Bertz CT molecular complexity index is 953. The first-order chi connectivity index (χ1) is 12.6. The van der Waals surface area contributed by atoms with E-state index in [-0.39, 0.29) is 29.7 Å². The molecule has 0 N–H and O–H groups in total. The van der Waals surface area contributed by atoms with E-state index in [9.17, 15) is 22.8 Å². The molecule has 1 amide bonds. The molecule has 1 aromatic carbocycles. The van der Waals surface area contributed by atoms with Crippen molar-refractivity contribution in [1.29, 1.82) is 0 Å². The Labute approximate surface area is 162 Å². The van der Waals surface area contributed by atoms with Crippen molar-refractivity contribution in [1.82, 2.24) is 9.47 Å². The molecule has 1 aliphatic heterocycles. The maximum absolute atomic E-state index is 13.1. The number of benzene rings is 1. The predicted octanol–water partition coefficient (Wildman–Crippen LogP) is 4.37. The van der Waals surface area contributed by atoms with E-state index in [1.54, 1.807) is 24.0 Å². The smallest absolute Gasteiger partial charge is 0.328 e. The first-order valence-corrected chi connectivity index (χ1v) is 9.29. The average molecular weight is 443 g/mol. The molecule has 1 unspecified atom stereocenters. The van der Waals surface area contributed by atoms with Crippen molar-refractivity contribution in [3.8, 4) is 0 Å². The van der Waals surface area contributed by atoms with Crippen molar-refractivity contribution in [2.45, 2.75) is 45.6 Å². The van der Waals surface area contributed by atoms with Gasteiger partial charge in [0.2, 0.25) is 0 Å². The number of amides is 1. The highest BCUT2D eigenvalue weighted by Gasteiger charge is 2.34. The van der Waals surface area contributed by atoms with Crippen molar-refractivity contribution in [3.63, 3.8) is 0 Å². The lowest BCUT2D eigenvalue weighted by Crippen LogP contribution is -2.50. The Balaban J connectivity index is 1.99. The van der Waals surface area contributed by atoms with E-state index in [0.717, 1.165) is 12.1 Å². The summed E-state index contributed by atoms with van der Waals surface area (Å²) in [6.45, 7) is 3.86. The third-order valence-corrected chi connectivity index (χ3v) is 5.33. The van der Waals surface area contributed by atoms with Gasteiger partial charge in [-0.25, -0.2) is 0 Å². The topological polar surface area (TPSA) is 42.3 Å². The summed E-state index contributed by atoms with van der Waals surface area (Å²) in [6.07, 6.45) is -3.86. The van der Waals surface area contributed by atoms with Gasteiger partial charge in [-0.15, -0.1) is 0 Å². The minimum Gasteiger partial charge on any atom is -0.328 e. The van der Waals surface area contributed by atoms with Gasteiger partial charge >= 0.3 is 6.18 Å². The SMILES string of the molecule is CCC1Cn2c(ccc(Br)c2=O)C(=O)N1Cc1cc(C)cc(C(F)(F)F)c1. The van der Waals surface area contributed by atoms with Crippen LogP contribution < -0.4 is 5.56 Å². The number of hydrogen-bond acceptors (Lipinski definition) is 2. The number of rotatable bonds is 3. The number of carbonyl (C=O) groups excluding carboxylic acids is 1. The second-order valence-electron chi connectivity index (χ2n) is 6.68. The molecule has 0 spiro atoms. The lowest BCUT2D eigenvalue weighted by Gasteiger charge is -2.37. The van der Waals surface area contributed by atoms with Gasteiger partial charge in [0.25, 0.3) is 11.5 Å². The molecule has 1 atom stereocenters. The highest BCUT2D eigenvalue weighted by atomic mass is 79.9. The van der Waals surface area contributed by atoms with Crippen LogP contribution in [0.1, 0.15) is 40.5 Å². The normalized spacial score (nSPS) is 17.2. The fraction of sp³-hybridized carbons (Fsp3) is 0.368. The first kappa shape index (κ1) is 19.7. The van der Waals surface area contributed by atoms with Crippen LogP contribution in [0, 0.1) is 6.92 Å². The Morgan fingerprint density at radius 1 is 1.19 bits per heavy atom. The molecule has 144 valence electrons. The van der Waals surface area contributed by atoms with E-state index in [1.165, 1.54) is 10.6 Å². The highest BCUT2D eigenvalue weighted by Crippen LogP contribution is 2.31. The van der Waals surface area contributed by atoms with Gasteiger partial charge in [0.15, 0.2) is 0 Å². The van der Waals surface area contributed by atoms with Crippen LogP contribution in [0.25, 0.3) is 0 Å². The largest absolute Gasteiger partial charge is 0.416 e. The Morgan fingerprint density at radius 3 is 2.52 bits per heavy atom. The lowest BCUT2D eigenvalue weighted by molar-refractivity contribution is -0.137. The number of nitrogens with zero attached hydrogens (tertiary/aromatic N) is 2. The summed E-state index contributed by atoms with van der Waals surface area (Å²) >= 11 is 3.17. The fourth-order valence-electron chi connectivity index (χ4n) is 3.41. The number of aromatic nitrogens is 1. The maximum Gasteiger partial charge on any atom is 0.416 e. The average Bonchev–Trinajstić information content (AvgIpc) is 2.59. The van der Waals surface area contributed by atoms with Gasteiger partial charge in [0.1, 0.15) is 5.69 Å². The van der Waals surface area contributed by atoms with Gasteiger partial charge in [-0.3, -0.25) is 9.59 Å². The number of carbonyl (C=O) groups is 1. The molecule has 0 fully saturated rings. The number of hydrogen-bond donors (Lipinski definition) is 0. The second-order valence-corrected chi connectivity index (χ2v) is 7.54. The molecule has 3 rings (SSSR count). The summed E-state index contributed by atoms with van der Waals surface area (Å²) in [7, 11) is 0. The zero-order valence-electron chi connectivity index (χ0n) is 14.8. The van der Waals surface area contributed by atoms with E-state index in [2.05, 4.69) is 15.9 Å². The van der Waals surface area contributed by atoms with E-state index < -0.39 is 11.7 Å². The summed E-state index contributed by atoms with van der Waals surface area (Å²) in [5.74, 6) is -0.354. The summed E-state index contributed by atoms with van der Waals surface area (Å²) in [5, 5.41) is 0. The van der Waals surface area contributed by atoms with Crippen molar-refractivity contribution in [2.75, 3.05) is 0 Å². The van der Waals surface area contributed by atoms with Crippen LogP contribution in [0.4, 0.5) is 13.2 Å². The van der Waals surface area contributed by atoms with Gasteiger partial charge < -0.3 is 9.47 Å². The molecule has 8 heteroatoms. The molecule has 0 saturated carbocycles. The quantitative estimate of drug-likeness (QED) is 0.707. The molecule has 0 aliphatic carbocycles. The minimum atomic E-state index is -4.44. The molecular weight excluding hydrogens is 425 g/mol. The summed E-state index contributed by atoms with van der Waals surface area (Å²) < 4.78 is 41.1. The predicted molar refractivity (Wildman–Crippen MR) is 98.5 cm³/mol. The van der Waals surface area contributed by atoms with Crippen LogP contribution in [-0.4, -0.2) is 21.4 Å². The van der Waals surface area contributed by atoms with Crippen molar-refractivity contribution in [3.05, 3.63) is 67.5 Å². The van der Waals surface area contributed by atoms with Gasteiger partial charge in [-0.2, -0.15) is 13.2 Å². The number of aryl methyl sites for hydroxylation is 1. The molecule has 0 saturated heterocycles. The third-order valence-electron chi connectivity index (χ3n) is 4.73. The lowest BCUT2D eigenvalue weighted by atomic mass is 10.0. The molecule has 2 aromatic rings. The number of alkyl halides is 3. The van der Waals surface area contributed by atoms with Crippen LogP contribution in [0.15, 0.2) is 39.6 Å². The van der Waals surface area contributed by atoms with Crippen molar-refractivity contribution in [2.24, 2.45) is 0 Å². The number of fused-ring (bicyclic) bond motifs is 1. The van der Waals surface area contributed by atoms with E-state index in [0.29, 0.717) is 28.6 Å². The van der Waals surface area contributed by atoms with Crippen LogP contribution >= 0.6 is 15.9 Å². The maximum atomic E-state index is 13.1. The summed E-state index contributed by atoms with van der Waals surface area (Å²) in [6, 6.07) is 6.63. The molecule has 0 radical (unpaired) electrons. The van der Waals surface area contributed by atoms with Crippen LogP contribution in [0.5, 0.6) is 0 Å². The summed E-state index contributed by atoms with van der Waals surface area (Å²) in [5.41, 5.74) is 0.140. The molecule has 4 nitrogen and oxygen atoms in total. The number of pyridine rings is 1. The van der Waals surface area contributed by atoms with Gasteiger partial charge in [-0.1, -0.05) is 18.6 Å². The first-order valence-electron chi connectivity index (χ1n) is 8.50. The molecule has 27 heavy (non-hydrogen) atoms. The Kier molecular flexibility index (Phi) is 5.20. The van der Waals surface area contributed by atoms with E-state index in [1.807, 2.05) is 6.92 Å². The van der Waals surface area contributed by atoms with E-state index >= 15 is 0 Å². The molecule has 2 heterocycles. The molecule has 1 aromatic heterocycles. The summed E-state index contributed by atoms with van der Waals surface area (Å²) in [4.78, 5) is 26.8. The third kappa shape index (κ3) is 3.81. The second kappa shape index (κ2) is 7.14. The highest BCUT2D eigenvalue weighted by molar-refractivity contribution is 9.10. The Morgan fingerprint density at radius 2 is 1.89 bits per heavy atom. The van der Waals surface area contributed by atoms with Gasteiger partial charge in [0.05, 0.1) is 16.1 Å². The van der Waals surface area contributed by atoms with Crippen molar-refractivity contribution >= 4 is 21.8 Å². The molecule has 0 bridgehead atoms. The zero-order chi connectivity index (χ0) is 19.9. The monoisotopic (exact) mass is 442 g/mol. The molecular formula is C19H18BrF3N2O2. The number of halogens is 4. The fourth-order valence-corrected chi connectivity index (χ4v) is 3.75. The van der Waals surface area contributed by atoms with Crippen molar-refractivity contribution < 1.29 is 18.0 Å². The standard InChI is InChI=1S/C19H18BrF3N2O2/c1-3-14-10-25-16(5-4-15(20)17(25)26)18(27)24(14)9-12-6-11(2)7-13(8-12)19(21,22)23/h4-8,14H,3,9-10H2,1-2H3. The van der Waals surface area contributed by atoms with Gasteiger partial charge in [-0.05, 0) is 59.1 Å². The Hall–Kier alpha value is -2.09. The molecule has 1 aliphatic rings. The zero-order valence-corrected chi connectivity index (χ0v) is 16.4. The van der Waals surface area contributed by atoms with Crippen LogP contribution in [-0.2, 0) is 19.3 Å². The van der Waals surface area contributed by atoms with Crippen LogP contribution in [0.2, 0.25) is 0 Å². The van der Waals surface area contributed by atoms with Crippen LogP contribution in [0.3, 0.4) is 0 Å². The minimum absolute atomic E-state index is 0.0619. The van der Waals surface area contributed by atoms with Gasteiger partial charge in [0, 0.05) is 13.1 Å². The van der Waals surface area contributed by atoms with E-state index in [4.69, 9.17) is 0 Å².